The predicted octanol–water partition coefficient (Wildman–Crippen LogP) is 5.25. The zero-order chi connectivity index (χ0) is 22.1. The monoisotopic (exact) mass is 414 g/mol. The molecule has 0 saturated carbocycles. The molecule has 2 aromatic rings. The van der Waals surface area contributed by atoms with E-state index < -0.39 is 0 Å². The lowest BCUT2D eigenvalue weighted by molar-refractivity contribution is -0.294. The van der Waals surface area contributed by atoms with Crippen LogP contribution in [0.15, 0.2) is 48.2 Å². The van der Waals surface area contributed by atoms with Crippen molar-refractivity contribution >= 4 is 31.9 Å². The van der Waals surface area contributed by atoms with Gasteiger partial charge >= 0.3 is 7.98 Å². The van der Waals surface area contributed by atoms with E-state index in [1.54, 1.807) is 4.49 Å². The quantitative estimate of drug-likeness (QED) is 0.390. The van der Waals surface area contributed by atoms with Crippen molar-refractivity contribution in [1.29, 1.82) is 0 Å². The molecule has 1 aromatic carbocycles. The Morgan fingerprint density at radius 3 is 2.65 bits per heavy atom. The van der Waals surface area contributed by atoms with Crippen LogP contribution >= 0.6 is 0 Å². The molecule has 160 valence electrons. The highest BCUT2D eigenvalue weighted by Crippen LogP contribution is 2.27. The van der Waals surface area contributed by atoms with Gasteiger partial charge in [-0.05, 0) is 61.7 Å². The fourth-order valence-corrected chi connectivity index (χ4v) is 3.74. The number of nitrogens with one attached hydrogen (secondary N) is 1. The van der Waals surface area contributed by atoms with Gasteiger partial charge in [0.05, 0.1) is 12.3 Å². The molecule has 0 fully saturated rings. The summed E-state index contributed by atoms with van der Waals surface area (Å²) in [4.78, 5) is 3.54. The number of allylic oxidation sites excluding steroid dienone is 2. The maximum atomic E-state index is 6.08. The minimum absolute atomic E-state index is 0.567. The van der Waals surface area contributed by atoms with Gasteiger partial charge in [0.25, 0.3) is 0 Å². The van der Waals surface area contributed by atoms with Crippen LogP contribution in [0.1, 0.15) is 61.5 Å². The lowest BCUT2D eigenvalue weighted by Crippen LogP contribution is -2.09. The van der Waals surface area contributed by atoms with E-state index in [0.717, 1.165) is 53.4 Å². The first-order chi connectivity index (χ1) is 15.1. The highest BCUT2D eigenvalue weighted by molar-refractivity contribution is 6.01. The summed E-state index contributed by atoms with van der Waals surface area (Å²) in [6.07, 6.45) is 15.6. The van der Waals surface area contributed by atoms with Crippen LogP contribution in [0.25, 0.3) is 17.7 Å². The molecular weight excluding hydrogens is 381 g/mol. The second-order valence-corrected chi connectivity index (χ2v) is 7.91. The summed E-state index contributed by atoms with van der Waals surface area (Å²) in [5.74, 6) is 0.928. The smallest absolute Gasteiger partial charge is 0.494 e. The van der Waals surface area contributed by atoms with Crippen LogP contribution in [0.2, 0.25) is 0 Å². The van der Waals surface area contributed by atoms with Crippen LogP contribution in [0, 0.1) is 6.92 Å². The summed E-state index contributed by atoms with van der Waals surface area (Å²) in [6.45, 7) is 5.68. The highest BCUT2D eigenvalue weighted by Gasteiger charge is 2.20. The van der Waals surface area contributed by atoms with Crippen LogP contribution in [0.4, 0.5) is 0 Å². The van der Waals surface area contributed by atoms with Gasteiger partial charge in [0.2, 0.25) is 0 Å². The molecule has 5 heteroatoms. The maximum absolute atomic E-state index is 6.08. The van der Waals surface area contributed by atoms with Gasteiger partial charge in [-0.3, -0.25) is 4.49 Å². The lowest BCUT2D eigenvalue weighted by atomic mass is 10.0. The minimum Gasteiger partial charge on any atom is -0.494 e. The van der Waals surface area contributed by atoms with Crippen molar-refractivity contribution in [3.63, 3.8) is 0 Å². The third kappa shape index (κ3) is 6.35. The standard InChI is InChI=1S/C26H33BN3O/c1-3-4-5-6-18-31-23-13-10-21(11-14-23)9-12-22-19-20(2)26(29-22)24(15-16-28)25-8-7-17-30(25)27/h7-14,17,19,29H,3-6,15-16,18,28H2,1-2H3/q+1/b12-9+. The van der Waals surface area contributed by atoms with Crippen molar-refractivity contribution in [2.24, 2.45) is 5.73 Å². The third-order valence-corrected chi connectivity index (χ3v) is 5.42. The van der Waals surface area contributed by atoms with Gasteiger partial charge in [0.15, 0.2) is 5.70 Å². The minimum atomic E-state index is 0.567. The molecule has 1 aliphatic heterocycles. The largest absolute Gasteiger partial charge is 0.586 e. The number of nitrogens with two attached hydrogens (primary N) is 1. The number of rotatable bonds is 11. The number of unbranched alkanes of at least 4 members (excludes halogenated alkanes) is 3. The van der Waals surface area contributed by atoms with E-state index in [-0.39, 0.29) is 0 Å². The number of hydrogen-bond donors (Lipinski definition) is 2. The molecule has 0 aliphatic carbocycles. The summed E-state index contributed by atoms with van der Waals surface area (Å²) in [6, 6.07) is 10.4. The average molecular weight is 414 g/mol. The molecule has 3 rings (SSSR count). The molecule has 0 amide bonds. The molecule has 31 heavy (non-hydrogen) atoms. The molecule has 3 N–H and O–H groups in total. The van der Waals surface area contributed by atoms with E-state index in [0.29, 0.717) is 6.54 Å². The summed E-state index contributed by atoms with van der Waals surface area (Å²) >= 11 is 0. The van der Waals surface area contributed by atoms with E-state index >= 15 is 0 Å². The molecule has 0 atom stereocenters. The van der Waals surface area contributed by atoms with E-state index in [4.69, 9.17) is 18.5 Å². The fourth-order valence-electron chi connectivity index (χ4n) is 3.74. The number of ether oxygens (including phenoxy) is 1. The Balaban J connectivity index is 1.67. The van der Waals surface area contributed by atoms with Gasteiger partial charge in [0.1, 0.15) is 12.0 Å². The predicted molar refractivity (Wildman–Crippen MR) is 132 cm³/mol. The Morgan fingerprint density at radius 2 is 1.97 bits per heavy atom. The molecular formula is C26H33BN3O+. The Bertz CT molecular complexity index is 981. The molecule has 4 nitrogen and oxygen atoms in total. The Hall–Kier alpha value is -2.79. The Kier molecular flexibility index (Phi) is 8.54. The number of aromatic amines is 1. The normalized spacial score (nSPS) is 15.0. The number of aromatic nitrogens is 1. The topological polar surface area (TPSA) is 54.0 Å². The molecule has 0 saturated heterocycles. The number of aryl methyl sites for hydroxylation is 1. The molecule has 1 aromatic heterocycles. The number of hydrogen-bond acceptors (Lipinski definition) is 2. The van der Waals surface area contributed by atoms with Crippen molar-refractivity contribution in [1.82, 2.24) is 4.98 Å². The fraction of sp³-hybridized carbons (Fsp3) is 0.346. The van der Waals surface area contributed by atoms with Gasteiger partial charge in [-0.1, -0.05) is 44.4 Å². The second-order valence-electron chi connectivity index (χ2n) is 7.91. The zero-order valence-electron chi connectivity index (χ0n) is 18.7. The average Bonchev–Trinajstić information content (AvgIpc) is 3.36. The van der Waals surface area contributed by atoms with Crippen LogP contribution < -0.4 is 10.5 Å². The number of benzene rings is 1. The van der Waals surface area contributed by atoms with Crippen LogP contribution in [-0.4, -0.2) is 36.8 Å². The van der Waals surface area contributed by atoms with Crippen LogP contribution in [0.3, 0.4) is 0 Å². The van der Waals surface area contributed by atoms with E-state index in [9.17, 15) is 0 Å². The summed E-state index contributed by atoms with van der Waals surface area (Å²) in [7, 11) is 6.08. The Labute approximate surface area is 187 Å². The summed E-state index contributed by atoms with van der Waals surface area (Å²) in [5.41, 5.74) is 12.4. The van der Waals surface area contributed by atoms with E-state index in [1.807, 2.05) is 30.5 Å². The molecule has 1 aliphatic rings. The first kappa shape index (κ1) is 22.9. The van der Waals surface area contributed by atoms with Crippen molar-refractivity contribution in [3.05, 3.63) is 70.7 Å². The third-order valence-electron chi connectivity index (χ3n) is 5.42. The molecule has 2 heterocycles. The molecule has 2 radical (unpaired) electrons. The SMILES string of the molecule is [B][N+]1=CC=CC1=C(CCN)c1[nH]c(/C=C/c2ccc(OCCCCCC)cc2)cc1C. The summed E-state index contributed by atoms with van der Waals surface area (Å²) in [5, 5.41) is 0. The van der Waals surface area contributed by atoms with Crippen LogP contribution in [-0.2, 0) is 0 Å². The van der Waals surface area contributed by atoms with Gasteiger partial charge in [-0.2, -0.15) is 0 Å². The molecule has 0 bridgehead atoms. The van der Waals surface area contributed by atoms with Crippen LogP contribution in [0.5, 0.6) is 5.75 Å². The number of nitrogens with zero attached hydrogens (tertiary/aromatic N) is 1. The van der Waals surface area contributed by atoms with Crippen molar-refractivity contribution in [2.75, 3.05) is 13.2 Å². The Morgan fingerprint density at radius 1 is 1.16 bits per heavy atom. The van der Waals surface area contributed by atoms with Gasteiger partial charge in [-0.25, -0.2) is 0 Å². The number of H-pyrrole nitrogens is 1. The molecule has 0 spiro atoms. The maximum Gasteiger partial charge on any atom is 0.586 e. The van der Waals surface area contributed by atoms with E-state index in [1.165, 1.54) is 24.8 Å². The van der Waals surface area contributed by atoms with Crippen molar-refractivity contribution in [2.45, 2.75) is 46.0 Å². The van der Waals surface area contributed by atoms with Gasteiger partial charge in [0, 0.05) is 23.4 Å². The molecule has 0 unspecified atom stereocenters. The van der Waals surface area contributed by atoms with Gasteiger partial charge in [-0.15, -0.1) is 0 Å². The first-order valence-electron chi connectivity index (χ1n) is 11.2. The van der Waals surface area contributed by atoms with E-state index in [2.05, 4.69) is 49.2 Å². The lowest BCUT2D eigenvalue weighted by Gasteiger charge is -2.07. The summed E-state index contributed by atoms with van der Waals surface area (Å²) < 4.78 is 7.48. The zero-order valence-corrected chi connectivity index (χ0v) is 18.7. The van der Waals surface area contributed by atoms with Crippen molar-refractivity contribution in [3.8, 4) is 5.75 Å². The van der Waals surface area contributed by atoms with Crippen molar-refractivity contribution < 1.29 is 9.22 Å². The highest BCUT2D eigenvalue weighted by atomic mass is 16.5. The van der Waals surface area contributed by atoms with Gasteiger partial charge < -0.3 is 15.5 Å². The first-order valence-corrected chi connectivity index (χ1v) is 11.2. The second kappa shape index (κ2) is 11.6.